The lowest BCUT2D eigenvalue weighted by Gasteiger charge is -2.10. The third-order valence-electron chi connectivity index (χ3n) is 3.62. The summed E-state index contributed by atoms with van der Waals surface area (Å²) in [5, 5.41) is 6.94. The Morgan fingerprint density at radius 1 is 1.15 bits per heavy atom. The topological polar surface area (TPSA) is 84.6 Å². The molecule has 1 aromatic carbocycles. The fraction of sp³-hybridized carbons (Fsp3) is 0.316. The van der Waals surface area contributed by atoms with Crippen molar-refractivity contribution in [3.8, 4) is 0 Å². The van der Waals surface area contributed by atoms with Crippen LogP contribution in [0.3, 0.4) is 0 Å². The maximum Gasteiger partial charge on any atom is 0.194 e. The molecule has 8 heteroatoms. The van der Waals surface area contributed by atoms with Crippen molar-refractivity contribution in [1.82, 2.24) is 15.6 Å². The first-order valence-electron chi connectivity index (χ1n) is 8.71. The van der Waals surface area contributed by atoms with E-state index < -0.39 is 0 Å². The van der Waals surface area contributed by atoms with Crippen LogP contribution in [0.15, 0.2) is 53.7 Å². The lowest BCUT2D eigenvalue weighted by molar-refractivity contribution is 0.145. The van der Waals surface area contributed by atoms with E-state index >= 15 is 0 Å². The second-order valence-corrected chi connectivity index (χ2v) is 6.49. The fourth-order valence-electron chi connectivity index (χ4n) is 2.26. The van der Waals surface area contributed by atoms with Gasteiger partial charge in [0, 0.05) is 19.2 Å². The Morgan fingerprint density at radius 3 is 2.74 bits per heavy atom. The summed E-state index contributed by atoms with van der Waals surface area (Å²) in [4.78, 5) is 8.41. The number of aliphatic imine (C=N–C) groups is 1. The van der Waals surface area contributed by atoms with Gasteiger partial charge < -0.3 is 21.1 Å². The number of halogens is 1. The van der Waals surface area contributed by atoms with Crippen molar-refractivity contribution < 1.29 is 4.74 Å². The van der Waals surface area contributed by atoms with Crippen LogP contribution in [-0.2, 0) is 17.6 Å². The zero-order valence-electron chi connectivity index (χ0n) is 15.0. The van der Waals surface area contributed by atoms with Gasteiger partial charge >= 0.3 is 0 Å². The molecule has 0 unspecified atom stereocenters. The highest BCUT2D eigenvalue weighted by Crippen LogP contribution is 2.11. The summed E-state index contributed by atoms with van der Waals surface area (Å²) in [6.07, 6.45) is 3.25. The predicted octanol–water partition coefficient (Wildman–Crippen LogP) is 2.32. The van der Waals surface area contributed by atoms with Gasteiger partial charge in [0.2, 0.25) is 0 Å². The number of ether oxygens (including phenoxy) is 1. The average Bonchev–Trinajstić information content (AvgIpc) is 2.67. The van der Waals surface area contributed by atoms with Crippen LogP contribution in [-0.4, -0.2) is 42.4 Å². The second-order valence-electron chi connectivity index (χ2n) is 5.68. The normalized spacial score (nSPS) is 11.2. The Hall–Kier alpha value is -2.22. The summed E-state index contributed by atoms with van der Waals surface area (Å²) in [6, 6.07) is 13.8. The molecule has 0 aliphatic heterocycles. The first kappa shape index (κ1) is 21.1. The summed E-state index contributed by atoms with van der Waals surface area (Å²) in [6.45, 7) is 2.23. The number of guanidine groups is 1. The molecule has 0 saturated carbocycles. The van der Waals surface area contributed by atoms with Crippen molar-refractivity contribution in [2.45, 2.75) is 12.8 Å². The van der Waals surface area contributed by atoms with Gasteiger partial charge in [0.1, 0.15) is 0 Å². The number of aromatic nitrogens is 1. The third-order valence-corrected chi connectivity index (χ3v) is 4.21. The molecular weight excluding hydrogens is 382 g/mol. The number of pyridine rings is 1. The SMILES string of the molecule is NC(=NCCOCCc1ccccc1)NC(=S)NCCc1ncccc1Cl. The van der Waals surface area contributed by atoms with Crippen LogP contribution in [0, 0.1) is 0 Å². The van der Waals surface area contributed by atoms with Crippen molar-refractivity contribution >= 4 is 34.9 Å². The van der Waals surface area contributed by atoms with E-state index in [4.69, 9.17) is 34.3 Å². The van der Waals surface area contributed by atoms with Gasteiger partial charge in [-0.15, -0.1) is 0 Å². The first-order valence-corrected chi connectivity index (χ1v) is 9.49. The molecule has 0 amide bonds. The lowest BCUT2D eigenvalue weighted by Crippen LogP contribution is -2.44. The van der Waals surface area contributed by atoms with E-state index in [2.05, 4.69) is 32.7 Å². The summed E-state index contributed by atoms with van der Waals surface area (Å²) < 4.78 is 5.56. The van der Waals surface area contributed by atoms with E-state index in [1.807, 2.05) is 24.3 Å². The highest BCUT2D eigenvalue weighted by molar-refractivity contribution is 7.80. The number of benzene rings is 1. The summed E-state index contributed by atoms with van der Waals surface area (Å²) in [7, 11) is 0. The van der Waals surface area contributed by atoms with Gasteiger partial charge in [0.05, 0.1) is 30.5 Å². The number of hydrogen-bond acceptors (Lipinski definition) is 4. The number of nitrogens with one attached hydrogen (secondary N) is 2. The van der Waals surface area contributed by atoms with Crippen LogP contribution in [0.5, 0.6) is 0 Å². The molecule has 2 aromatic rings. The minimum absolute atomic E-state index is 0.259. The number of thiocarbonyl (C=S) groups is 1. The Kier molecular flexibility index (Phi) is 9.54. The monoisotopic (exact) mass is 405 g/mol. The Labute approximate surface area is 170 Å². The largest absolute Gasteiger partial charge is 0.379 e. The van der Waals surface area contributed by atoms with Crippen LogP contribution in [0.25, 0.3) is 0 Å². The van der Waals surface area contributed by atoms with Crippen molar-refractivity contribution in [3.63, 3.8) is 0 Å². The van der Waals surface area contributed by atoms with E-state index in [1.54, 1.807) is 12.3 Å². The maximum absolute atomic E-state index is 6.06. The van der Waals surface area contributed by atoms with Gasteiger partial charge in [-0.05, 0) is 36.3 Å². The lowest BCUT2D eigenvalue weighted by atomic mass is 10.2. The zero-order chi connectivity index (χ0) is 19.3. The number of nitrogens with zero attached hydrogens (tertiary/aromatic N) is 2. The van der Waals surface area contributed by atoms with Crippen LogP contribution in [0.4, 0.5) is 0 Å². The standard InChI is InChI=1S/C19H24ClN5OS/c20-16-7-4-10-22-17(16)8-11-24-19(27)25-18(21)23-12-14-26-13-9-15-5-2-1-3-6-15/h1-7,10H,8-9,11-14H2,(H4,21,23,24,25,27). The van der Waals surface area contributed by atoms with Crippen LogP contribution in [0.2, 0.25) is 5.02 Å². The molecule has 0 saturated heterocycles. The van der Waals surface area contributed by atoms with E-state index in [1.165, 1.54) is 5.56 Å². The summed E-state index contributed by atoms with van der Waals surface area (Å²) in [5.74, 6) is 0.259. The Balaban J connectivity index is 1.55. The van der Waals surface area contributed by atoms with Crippen LogP contribution >= 0.6 is 23.8 Å². The number of hydrogen-bond donors (Lipinski definition) is 3. The number of rotatable bonds is 9. The van der Waals surface area contributed by atoms with E-state index in [-0.39, 0.29) is 5.96 Å². The minimum atomic E-state index is 0.259. The molecule has 4 N–H and O–H groups in total. The molecule has 0 aliphatic carbocycles. The fourth-order valence-corrected chi connectivity index (χ4v) is 2.69. The average molecular weight is 406 g/mol. The number of nitrogens with two attached hydrogens (primary N) is 1. The van der Waals surface area contributed by atoms with E-state index in [0.29, 0.717) is 42.9 Å². The summed E-state index contributed by atoms with van der Waals surface area (Å²) >= 11 is 11.2. The molecule has 1 heterocycles. The van der Waals surface area contributed by atoms with E-state index in [0.717, 1.165) is 12.1 Å². The van der Waals surface area contributed by atoms with Gasteiger partial charge in [-0.3, -0.25) is 9.98 Å². The molecule has 0 bridgehead atoms. The second kappa shape index (κ2) is 12.2. The molecular formula is C19H24ClN5OS. The molecule has 0 atom stereocenters. The quantitative estimate of drug-likeness (QED) is 0.257. The Morgan fingerprint density at radius 2 is 1.96 bits per heavy atom. The first-order chi connectivity index (χ1) is 13.1. The van der Waals surface area contributed by atoms with Crippen molar-refractivity contribution in [1.29, 1.82) is 0 Å². The van der Waals surface area contributed by atoms with E-state index in [9.17, 15) is 0 Å². The molecule has 0 aliphatic rings. The van der Waals surface area contributed by atoms with Gasteiger partial charge in [-0.2, -0.15) is 0 Å². The molecule has 1 aromatic heterocycles. The van der Waals surface area contributed by atoms with Gasteiger partial charge in [0.25, 0.3) is 0 Å². The van der Waals surface area contributed by atoms with Crippen LogP contribution < -0.4 is 16.4 Å². The predicted molar refractivity (Wildman–Crippen MR) is 114 cm³/mol. The third kappa shape index (κ3) is 8.81. The molecule has 27 heavy (non-hydrogen) atoms. The van der Waals surface area contributed by atoms with Crippen molar-refractivity contribution in [2.75, 3.05) is 26.3 Å². The zero-order valence-corrected chi connectivity index (χ0v) is 16.6. The highest BCUT2D eigenvalue weighted by atomic mass is 35.5. The minimum Gasteiger partial charge on any atom is -0.379 e. The maximum atomic E-state index is 6.06. The smallest absolute Gasteiger partial charge is 0.194 e. The van der Waals surface area contributed by atoms with Gasteiger partial charge in [-0.1, -0.05) is 41.9 Å². The molecule has 0 spiro atoms. The van der Waals surface area contributed by atoms with Crippen molar-refractivity contribution in [3.05, 3.63) is 64.9 Å². The molecule has 2 rings (SSSR count). The summed E-state index contributed by atoms with van der Waals surface area (Å²) in [5.41, 5.74) is 7.89. The molecule has 0 fully saturated rings. The van der Waals surface area contributed by atoms with Gasteiger partial charge in [0.15, 0.2) is 11.1 Å². The molecule has 0 radical (unpaired) electrons. The molecule has 144 valence electrons. The molecule has 6 nitrogen and oxygen atoms in total. The Bertz CT molecular complexity index is 742. The van der Waals surface area contributed by atoms with Crippen molar-refractivity contribution in [2.24, 2.45) is 10.7 Å². The van der Waals surface area contributed by atoms with Gasteiger partial charge in [-0.25, -0.2) is 0 Å². The van der Waals surface area contributed by atoms with Crippen LogP contribution in [0.1, 0.15) is 11.3 Å². The highest BCUT2D eigenvalue weighted by Gasteiger charge is 2.02.